The zero-order valence-electron chi connectivity index (χ0n) is 12.3. The second-order valence-electron chi connectivity index (χ2n) is 5.16. The molecule has 0 aromatic heterocycles. The number of piperidine rings is 1. The van der Waals surface area contributed by atoms with E-state index >= 15 is 0 Å². The molecule has 7 nitrogen and oxygen atoms in total. The molecule has 1 heterocycles. The molecule has 0 unspecified atom stereocenters. The molecule has 22 heavy (non-hydrogen) atoms. The quantitative estimate of drug-likeness (QED) is 0.644. The summed E-state index contributed by atoms with van der Waals surface area (Å²) in [5.41, 5.74) is -0.110. The molecule has 1 aromatic rings. The van der Waals surface area contributed by atoms with E-state index in [0.717, 1.165) is 19.4 Å². The van der Waals surface area contributed by atoms with Gasteiger partial charge < -0.3 is 5.32 Å². The van der Waals surface area contributed by atoms with Crippen molar-refractivity contribution in [1.29, 1.82) is 0 Å². The Hall–Kier alpha value is -1.22. The maximum Gasteiger partial charge on any atom is 0.269 e. The first-order chi connectivity index (χ1) is 9.95. The number of hydrogen-bond acceptors (Lipinski definition) is 5. The van der Waals surface area contributed by atoms with Crippen LogP contribution in [0, 0.1) is 16.0 Å². The number of nitrogens with zero attached hydrogens (tertiary/aromatic N) is 2. The molecule has 1 aliphatic heterocycles. The smallest absolute Gasteiger partial charge is 0.269 e. The largest absolute Gasteiger partial charge is 0.319 e. The predicted octanol–water partition coefficient (Wildman–Crippen LogP) is 1.64. The van der Waals surface area contributed by atoms with Crippen LogP contribution in [0.2, 0.25) is 0 Å². The Labute approximate surface area is 136 Å². The monoisotopic (exact) mass is 349 g/mol. The van der Waals surface area contributed by atoms with E-state index in [2.05, 4.69) is 5.32 Å². The second-order valence-corrected chi connectivity index (χ2v) is 7.09. The van der Waals surface area contributed by atoms with Gasteiger partial charge in [-0.25, -0.2) is 8.42 Å². The van der Waals surface area contributed by atoms with Crippen molar-refractivity contribution in [3.8, 4) is 0 Å². The van der Waals surface area contributed by atoms with Crippen molar-refractivity contribution in [1.82, 2.24) is 9.62 Å². The first-order valence-corrected chi connectivity index (χ1v) is 8.28. The highest BCUT2D eigenvalue weighted by molar-refractivity contribution is 7.89. The number of hydrogen-bond donors (Lipinski definition) is 1. The number of nitro benzene ring substituents is 1. The molecule has 1 fully saturated rings. The van der Waals surface area contributed by atoms with E-state index in [-0.39, 0.29) is 23.0 Å². The maximum atomic E-state index is 12.5. The Morgan fingerprint density at radius 3 is 2.27 bits per heavy atom. The highest BCUT2D eigenvalue weighted by Crippen LogP contribution is 2.24. The number of non-ortho nitro benzene ring substituents is 1. The zero-order valence-corrected chi connectivity index (χ0v) is 13.9. The summed E-state index contributed by atoms with van der Waals surface area (Å²) in [6, 6.07) is 5.04. The van der Waals surface area contributed by atoms with Gasteiger partial charge in [-0.15, -0.1) is 12.4 Å². The SMILES string of the molecule is CNCC1CCN(S(=O)(=O)c2ccc([N+](=O)[O-])cc2)CC1.Cl. The van der Waals surface area contributed by atoms with Gasteiger partial charge >= 0.3 is 0 Å². The molecule has 0 aliphatic carbocycles. The van der Waals surface area contributed by atoms with Gasteiger partial charge in [0, 0.05) is 25.2 Å². The normalized spacial score (nSPS) is 17.0. The minimum atomic E-state index is -3.55. The van der Waals surface area contributed by atoms with Crippen molar-refractivity contribution in [2.75, 3.05) is 26.7 Å². The molecular weight excluding hydrogens is 330 g/mol. The topological polar surface area (TPSA) is 92.6 Å². The van der Waals surface area contributed by atoms with Crippen molar-refractivity contribution in [3.63, 3.8) is 0 Å². The summed E-state index contributed by atoms with van der Waals surface area (Å²) >= 11 is 0. The van der Waals surface area contributed by atoms with Gasteiger partial charge in [-0.05, 0) is 44.5 Å². The highest BCUT2D eigenvalue weighted by Gasteiger charge is 2.29. The molecule has 0 spiro atoms. The van der Waals surface area contributed by atoms with Crippen LogP contribution < -0.4 is 5.32 Å². The summed E-state index contributed by atoms with van der Waals surface area (Å²) in [5.74, 6) is 0.498. The Balaban J connectivity index is 0.00000242. The summed E-state index contributed by atoms with van der Waals surface area (Å²) in [7, 11) is -1.66. The standard InChI is InChI=1S/C13H19N3O4S.ClH/c1-14-10-11-6-8-15(9-7-11)21(19,20)13-4-2-12(3-5-13)16(17)18;/h2-5,11,14H,6-10H2,1H3;1H. The predicted molar refractivity (Wildman–Crippen MR) is 85.8 cm³/mol. The van der Waals surface area contributed by atoms with Crippen LogP contribution in [0.4, 0.5) is 5.69 Å². The molecule has 0 saturated carbocycles. The van der Waals surface area contributed by atoms with Crippen LogP contribution in [0.1, 0.15) is 12.8 Å². The lowest BCUT2D eigenvalue weighted by Crippen LogP contribution is -2.40. The van der Waals surface area contributed by atoms with Crippen molar-refractivity contribution in [2.45, 2.75) is 17.7 Å². The molecule has 9 heteroatoms. The Morgan fingerprint density at radius 1 is 1.27 bits per heavy atom. The van der Waals surface area contributed by atoms with Crippen LogP contribution >= 0.6 is 12.4 Å². The van der Waals surface area contributed by atoms with Crippen molar-refractivity contribution < 1.29 is 13.3 Å². The van der Waals surface area contributed by atoms with Crippen LogP contribution in [-0.2, 0) is 10.0 Å². The Kier molecular flexibility index (Phi) is 6.73. The third-order valence-electron chi connectivity index (χ3n) is 3.75. The molecule has 0 amide bonds. The number of nitrogens with one attached hydrogen (secondary N) is 1. The van der Waals surface area contributed by atoms with Gasteiger partial charge in [-0.1, -0.05) is 0 Å². The van der Waals surface area contributed by atoms with E-state index < -0.39 is 14.9 Å². The molecule has 2 rings (SSSR count). The molecule has 124 valence electrons. The van der Waals surface area contributed by atoms with E-state index in [0.29, 0.717) is 19.0 Å². The minimum Gasteiger partial charge on any atom is -0.319 e. The summed E-state index contributed by atoms with van der Waals surface area (Å²) in [6.45, 7) is 1.88. The first-order valence-electron chi connectivity index (χ1n) is 6.84. The molecule has 0 atom stereocenters. The molecule has 1 aliphatic rings. The number of rotatable bonds is 5. The van der Waals surface area contributed by atoms with Crippen LogP contribution in [0.15, 0.2) is 29.2 Å². The van der Waals surface area contributed by atoms with Gasteiger partial charge in [0.25, 0.3) is 5.69 Å². The molecule has 1 saturated heterocycles. The second kappa shape index (κ2) is 7.87. The summed E-state index contributed by atoms with van der Waals surface area (Å²) in [5, 5.41) is 13.7. The van der Waals surface area contributed by atoms with Gasteiger partial charge in [-0.2, -0.15) is 4.31 Å². The van der Waals surface area contributed by atoms with Gasteiger partial charge in [-0.3, -0.25) is 10.1 Å². The fraction of sp³-hybridized carbons (Fsp3) is 0.538. The van der Waals surface area contributed by atoms with Gasteiger partial charge in [0.2, 0.25) is 10.0 Å². The Bertz CT molecular complexity index is 598. The van der Waals surface area contributed by atoms with Gasteiger partial charge in [0.15, 0.2) is 0 Å². The zero-order chi connectivity index (χ0) is 15.5. The van der Waals surface area contributed by atoms with Crippen molar-refractivity contribution >= 4 is 28.1 Å². The van der Waals surface area contributed by atoms with E-state index in [1.807, 2.05) is 7.05 Å². The average Bonchev–Trinajstić information content (AvgIpc) is 2.48. The van der Waals surface area contributed by atoms with E-state index in [1.54, 1.807) is 0 Å². The van der Waals surface area contributed by atoms with Crippen LogP contribution in [0.5, 0.6) is 0 Å². The lowest BCUT2D eigenvalue weighted by Gasteiger charge is -2.31. The first kappa shape index (κ1) is 18.8. The maximum absolute atomic E-state index is 12.5. The lowest BCUT2D eigenvalue weighted by molar-refractivity contribution is -0.384. The fourth-order valence-electron chi connectivity index (χ4n) is 2.53. The average molecular weight is 350 g/mol. The number of benzene rings is 1. The molecule has 1 N–H and O–H groups in total. The third-order valence-corrected chi connectivity index (χ3v) is 5.66. The molecule has 1 aromatic carbocycles. The van der Waals surface area contributed by atoms with Crippen LogP contribution in [0.3, 0.4) is 0 Å². The summed E-state index contributed by atoms with van der Waals surface area (Å²) in [4.78, 5) is 10.2. The highest BCUT2D eigenvalue weighted by atomic mass is 35.5. The molecular formula is C13H20ClN3O4S. The summed E-state index contributed by atoms with van der Waals surface area (Å²) in [6.07, 6.45) is 1.65. The lowest BCUT2D eigenvalue weighted by atomic mass is 9.98. The van der Waals surface area contributed by atoms with Gasteiger partial charge in [0.05, 0.1) is 9.82 Å². The molecule has 0 radical (unpaired) electrons. The van der Waals surface area contributed by atoms with Crippen LogP contribution in [0.25, 0.3) is 0 Å². The minimum absolute atomic E-state index is 0. The van der Waals surface area contributed by atoms with E-state index in [4.69, 9.17) is 0 Å². The van der Waals surface area contributed by atoms with Crippen molar-refractivity contribution in [3.05, 3.63) is 34.4 Å². The Morgan fingerprint density at radius 2 is 1.82 bits per heavy atom. The fourth-order valence-corrected chi connectivity index (χ4v) is 4.00. The van der Waals surface area contributed by atoms with E-state index in [1.165, 1.54) is 28.6 Å². The molecule has 0 bridgehead atoms. The van der Waals surface area contributed by atoms with Gasteiger partial charge in [0.1, 0.15) is 0 Å². The third kappa shape index (κ3) is 4.16. The van der Waals surface area contributed by atoms with E-state index in [9.17, 15) is 18.5 Å². The van der Waals surface area contributed by atoms with Crippen LogP contribution in [-0.4, -0.2) is 44.3 Å². The number of sulfonamides is 1. The summed E-state index contributed by atoms with van der Waals surface area (Å²) < 4.78 is 26.4. The number of halogens is 1. The van der Waals surface area contributed by atoms with Crippen molar-refractivity contribution in [2.24, 2.45) is 5.92 Å². The number of nitro groups is 1.